The Hall–Kier alpha value is -2.16. The molecule has 120 valence electrons. The van der Waals surface area contributed by atoms with Crippen LogP contribution in [0.15, 0.2) is 59.9 Å². The van der Waals surface area contributed by atoms with Gasteiger partial charge in [-0.15, -0.1) is 0 Å². The highest BCUT2D eigenvalue weighted by molar-refractivity contribution is 5.92. The molecule has 0 amide bonds. The Morgan fingerprint density at radius 3 is 2.22 bits per heavy atom. The van der Waals surface area contributed by atoms with E-state index in [1.165, 1.54) is 43.4 Å². The van der Waals surface area contributed by atoms with Crippen LogP contribution in [0.3, 0.4) is 0 Å². The van der Waals surface area contributed by atoms with Crippen molar-refractivity contribution in [1.82, 2.24) is 0 Å². The molecule has 0 bridgehead atoms. The first-order valence-electron chi connectivity index (χ1n) is 8.56. The minimum Gasteiger partial charge on any atom is -0.377 e. The van der Waals surface area contributed by atoms with Gasteiger partial charge in [0.05, 0.1) is 18.0 Å². The normalized spacial score (nSPS) is 16.3. The minimum absolute atomic E-state index is 0.458. The van der Waals surface area contributed by atoms with Gasteiger partial charge in [0.2, 0.25) is 0 Å². The molecule has 1 aromatic carbocycles. The molecule has 0 atom stereocenters. The molecule has 1 aliphatic carbocycles. The highest BCUT2D eigenvalue weighted by Crippen LogP contribution is 2.21. The number of aliphatic imine (C=N–C) groups is 1. The van der Waals surface area contributed by atoms with Crippen molar-refractivity contribution in [3.63, 3.8) is 0 Å². The van der Waals surface area contributed by atoms with Gasteiger partial charge in [-0.1, -0.05) is 29.6 Å². The van der Waals surface area contributed by atoms with E-state index in [4.69, 9.17) is 4.99 Å². The summed E-state index contributed by atoms with van der Waals surface area (Å²) >= 11 is 0. The predicted molar refractivity (Wildman–Crippen MR) is 96.2 cm³/mol. The Morgan fingerprint density at radius 1 is 0.957 bits per heavy atom. The van der Waals surface area contributed by atoms with E-state index in [0.717, 1.165) is 5.84 Å². The molecule has 1 saturated carbocycles. The molecule has 1 heterocycles. The molecule has 0 aliphatic heterocycles. The molecule has 0 N–H and O–H groups in total. The van der Waals surface area contributed by atoms with Crippen molar-refractivity contribution in [3.8, 4) is 0 Å². The van der Waals surface area contributed by atoms with Crippen LogP contribution in [0.1, 0.15) is 37.7 Å². The van der Waals surface area contributed by atoms with E-state index >= 15 is 0 Å². The number of hydrogen-bond acceptors (Lipinski definition) is 2. The van der Waals surface area contributed by atoms with Gasteiger partial charge in [0, 0.05) is 31.9 Å². The van der Waals surface area contributed by atoms with Gasteiger partial charge in [-0.05, 0) is 37.8 Å². The number of aromatic nitrogens is 1. The topological polar surface area (TPSA) is 19.5 Å². The van der Waals surface area contributed by atoms with Crippen LogP contribution in [0.2, 0.25) is 0 Å². The number of rotatable bonds is 3. The molecule has 1 fully saturated rings. The average molecular weight is 308 g/mol. The summed E-state index contributed by atoms with van der Waals surface area (Å²) in [5.74, 6) is 1.06. The fourth-order valence-corrected chi connectivity index (χ4v) is 3.12. The Kier molecular flexibility index (Phi) is 5.06. The van der Waals surface area contributed by atoms with E-state index in [2.05, 4.69) is 78.4 Å². The van der Waals surface area contributed by atoms with Gasteiger partial charge in [-0.3, -0.25) is 0 Å². The van der Waals surface area contributed by atoms with Crippen molar-refractivity contribution < 1.29 is 4.57 Å². The number of benzene rings is 1. The highest BCUT2D eigenvalue weighted by atomic mass is 15.1. The van der Waals surface area contributed by atoms with Gasteiger partial charge in [0.25, 0.3) is 0 Å². The van der Waals surface area contributed by atoms with Gasteiger partial charge < -0.3 is 4.90 Å². The third-order valence-corrected chi connectivity index (χ3v) is 4.48. The Labute approximate surface area is 139 Å². The van der Waals surface area contributed by atoms with Crippen molar-refractivity contribution >= 4 is 11.5 Å². The summed E-state index contributed by atoms with van der Waals surface area (Å²) in [4.78, 5) is 7.23. The van der Waals surface area contributed by atoms with Crippen LogP contribution in [0, 0.1) is 0 Å². The Bertz CT molecular complexity index is 638. The minimum atomic E-state index is 0.458. The monoisotopic (exact) mass is 308 g/mol. The van der Waals surface area contributed by atoms with Crippen LogP contribution in [0.5, 0.6) is 0 Å². The van der Waals surface area contributed by atoms with Gasteiger partial charge in [-0.2, -0.15) is 0 Å². The van der Waals surface area contributed by atoms with Crippen molar-refractivity contribution in [1.29, 1.82) is 0 Å². The van der Waals surface area contributed by atoms with Crippen LogP contribution in [-0.2, 0) is 0 Å². The van der Waals surface area contributed by atoms with Gasteiger partial charge in [0.1, 0.15) is 6.04 Å². The lowest BCUT2D eigenvalue weighted by atomic mass is 9.96. The fourth-order valence-electron chi connectivity index (χ4n) is 3.12. The van der Waals surface area contributed by atoms with Crippen LogP contribution < -0.4 is 9.47 Å². The van der Waals surface area contributed by atoms with E-state index < -0.39 is 0 Å². The zero-order valence-electron chi connectivity index (χ0n) is 14.2. The first kappa shape index (κ1) is 15.7. The maximum Gasteiger partial charge on any atom is 0.329 e. The van der Waals surface area contributed by atoms with Crippen molar-refractivity contribution in [2.75, 3.05) is 19.0 Å². The van der Waals surface area contributed by atoms with Gasteiger partial charge in [-0.25, -0.2) is 4.57 Å². The summed E-state index contributed by atoms with van der Waals surface area (Å²) in [7, 11) is 4.13. The SMILES string of the molecule is CN(C)c1cc[n+](C(=NC2CCCCC2)c2ccccc2)cc1. The molecule has 0 radical (unpaired) electrons. The van der Waals surface area contributed by atoms with E-state index in [1.54, 1.807) is 0 Å². The fraction of sp³-hybridized carbons (Fsp3) is 0.400. The standard InChI is InChI=1S/C20H26N3/c1-22(2)19-13-15-23(16-14-19)20(17-9-5-3-6-10-17)21-18-11-7-4-8-12-18/h3,5-6,9-10,13-16,18H,4,7-8,11-12H2,1-2H3/q+1. The van der Waals surface area contributed by atoms with E-state index in [0.29, 0.717) is 6.04 Å². The summed E-state index contributed by atoms with van der Waals surface area (Å²) in [6, 6.07) is 15.3. The zero-order chi connectivity index (χ0) is 16.1. The predicted octanol–water partition coefficient (Wildman–Crippen LogP) is 3.67. The summed E-state index contributed by atoms with van der Waals surface area (Å²) in [5.41, 5.74) is 2.38. The third-order valence-electron chi connectivity index (χ3n) is 4.48. The van der Waals surface area contributed by atoms with Crippen LogP contribution in [-0.4, -0.2) is 26.0 Å². The van der Waals surface area contributed by atoms with Crippen molar-refractivity contribution in [2.24, 2.45) is 4.99 Å². The summed E-state index contributed by atoms with van der Waals surface area (Å²) in [6.45, 7) is 0. The Morgan fingerprint density at radius 2 is 1.61 bits per heavy atom. The molecule has 3 heteroatoms. The van der Waals surface area contributed by atoms with Crippen LogP contribution in [0.4, 0.5) is 5.69 Å². The highest BCUT2D eigenvalue weighted by Gasteiger charge is 2.22. The quantitative estimate of drug-likeness (QED) is 0.481. The lowest BCUT2D eigenvalue weighted by Gasteiger charge is -2.15. The third kappa shape index (κ3) is 3.98. The first-order chi connectivity index (χ1) is 11.2. The molecule has 3 nitrogen and oxygen atoms in total. The van der Waals surface area contributed by atoms with Gasteiger partial charge in [0.15, 0.2) is 0 Å². The molecule has 1 aromatic heterocycles. The smallest absolute Gasteiger partial charge is 0.329 e. The average Bonchev–Trinajstić information content (AvgIpc) is 2.61. The molecule has 0 saturated heterocycles. The lowest BCUT2D eigenvalue weighted by molar-refractivity contribution is -0.554. The van der Waals surface area contributed by atoms with E-state index in [-0.39, 0.29) is 0 Å². The second-order valence-corrected chi connectivity index (χ2v) is 6.47. The van der Waals surface area contributed by atoms with E-state index in [1.807, 2.05) is 0 Å². The van der Waals surface area contributed by atoms with Crippen LogP contribution in [0.25, 0.3) is 0 Å². The molecule has 3 rings (SSSR count). The summed E-state index contributed by atoms with van der Waals surface area (Å²) in [6.07, 6.45) is 10.6. The lowest BCUT2D eigenvalue weighted by Crippen LogP contribution is -2.44. The maximum absolute atomic E-state index is 5.12. The molecule has 0 spiro atoms. The molecule has 1 aliphatic rings. The molecule has 2 aromatic rings. The summed E-state index contributed by atoms with van der Waals surface area (Å²) in [5, 5.41) is 0. The maximum atomic E-state index is 5.12. The number of pyridine rings is 1. The summed E-state index contributed by atoms with van der Waals surface area (Å²) < 4.78 is 2.15. The molecule has 23 heavy (non-hydrogen) atoms. The zero-order valence-corrected chi connectivity index (χ0v) is 14.2. The number of nitrogens with zero attached hydrogens (tertiary/aromatic N) is 3. The largest absolute Gasteiger partial charge is 0.377 e. The van der Waals surface area contributed by atoms with Crippen molar-refractivity contribution in [2.45, 2.75) is 38.1 Å². The van der Waals surface area contributed by atoms with Gasteiger partial charge >= 0.3 is 5.84 Å². The first-order valence-corrected chi connectivity index (χ1v) is 8.56. The van der Waals surface area contributed by atoms with Crippen LogP contribution >= 0.6 is 0 Å². The van der Waals surface area contributed by atoms with E-state index in [9.17, 15) is 0 Å². The van der Waals surface area contributed by atoms with Crippen molar-refractivity contribution in [3.05, 3.63) is 60.4 Å². The molecular formula is C20H26N3+. The molecule has 0 unspecified atom stereocenters. The second-order valence-electron chi connectivity index (χ2n) is 6.47. The second kappa shape index (κ2) is 7.40. The molecular weight excluding hydrogens is 282 g/mol. The Balaban J connectivity index is 1.96. The number of anilines is 1. The number of hydrogen-bond donors (Lipinski definition) is 0.